The van der Waals surface area contributed by atoms with E-state index < -0.39 is 36.4 Å². The highest BCUT2D eigenvalue weighted by Gasteiger charge is 2.68. The fourth-order valence-corrected chi connectivity index (χ4v) is 1.07. The van der Waals surface area contributed by atoms with E-state index in [0.29, 0.717) is 0 Å². The summed E-state index contributed by atoms with van der Waals surface area (Å²) in [7, 11) is 0. The van der Waals surface area contributed by atoms with Crippen LogP contribution in [0, 0.1) is 0 Å². The summed E-state index contributed by atoms with van der Waals surface area (Å²) in [6.45, 7) is -0.934. The van der Waals surface area contributed by atoms with Crippen molar-refractivity contribution in [3.05, 3.63) is 0 Å². The number of esters is 1. The molecule has 0 aliphatic carbocycles. The molecule has 1 unspecified atom stereocenters. The molecule has 8 nitrogen and oxygen atoms in total. The largest absolute Gasteiger partial charge is 0.449 e. The second kappa shape index (κ2) is 3.12. The average Bonchev–Trinajstić information content (AvgIpc) is 2.25. The summed E-state index contributed by atoms with van der Waals surface area (Å²) in [4.78, 5) is 10.7. The normalized spacial score (nSPS) is 31.3. The molecule has 1 aliphatic rings. The van der Waals surface area contributed by atoms with E-state index in [1.165, 1.54) is 0 Å². The second-order valence-electron chi connectivity index (χ2n) is 2.97. The van der Waals surface area contributed by atoms with E-state index in [4.69, 9.17) is 30.6 Å². The number of cyclic esters (lactones) is 1. The third-order valence-corrected chi connectivity index (χ3v) is 1.96. The van der Waals surface area contributed by atoms with Crippen LogP contribution in [0.1, 0.15) is 0 Å². The van der Waals surface area contributed by atoms with Crippen LogP contribution in [0.3, 0.4) is 0 Å². The summed E-state index contributed by atoms with van der Waals surface area (Å²) in [5.74, 6) is -8.60. The van der Waals surface area contributed by atoms with Crippen LogP contribution in [0.5, 0.6) is 0 Å². The lowest BCUT2D eigenvalue weighted by Gasteiger charge is -2.28. The predicted molar refractivity (Wildman–Crippen MR) is 37.3 cm³/mol. The van der Waals surface area contributed by atoms with Gasteiger partial charge < -0.3 is 35.4 Å². The van der Waals surface area contributed by atoms with Gasteiger partial charge in [0.25, 0.3) is 5.79 Å². The maximum atomic E-state index is 10.7. The van der Waals surface area contributed by atoms with Crippen LogP contribution in [-0.4, -0.2) is 67.0 Å². The van der Waals surface area contributed by atoms with Gasteiger partial charge in [-0.3, -0.25) is 0 Å². The molecule has 6 N–H and O–H groups in total. The summed E-state index contributed by atoms with van der Waals surface area (Å²) in [5.41, 5.74) is 0. The number of rotatable bonds is 2. The van der Waals surface area contributed by atoms with Crippen LogP contribution < -0.4 is 0 Å². The zero-order chi connectivity index (χ0) is 11.1. The van der Waals surface area contributed by atoms with Gasteiger partial charge in [0.15, 0.2) is 6.10 Å². The third kappa shape index (κ3) is 1.29. The molecule has 8 heteroatoms. The van der Waals surface area contributed by atoms with Gasteiger partial charge in [-0.15, -0.1) is 0 Å². The smallest absolute Gasteiger partial charge is 0.373 e. The van der Waals surface area contributed by atoms with Crippen molar-refractivity contribution in [2.45, 2.75) is 23.8 Å². The molecule has 0 spiro atoms. The van der Waals surface area contributed by atoms with Gasteiger partial charge in [0, 0.05) is 0 Å². The molecule has 1 fully saturated rings. The van der Waals surface area contributed by atoms with E-state index in [9.17, 15) is 4.79 Å². The molecular formula is C6H10O8. The molecule has 0 radical (unpaired) electrons. The lowest BCUT2D eigenvalue weighted by molar-refractivity contribution is -0.339. The maximum absolute atomic E-state index is 10.7. The first-order chi connectivity index (χ1) is 6.25. The zero-order valence-electron chi connectivity index (χ0n) is 6.86. The van der Waals surface area contributed by atoms with Gasteiger partial charge in [-0.25, -0.2) is 4.79 Å². The molecule has 1 rings (SSSR count). The summed E-state index contributed by atoms with van der Waals surface area (Å²) in [5, 5.41) is 53.4. The van der Waals surface area contributed by atoms with E-state index in [1.54, 1.807) is 0 Å². The van der Waals surface area contributed by atoms with Crippen LogP contribution in [0.25, 0.3) is 0 Å². The Morgan fingerprint density at radius 1 is 1.36 bits per heavy atom. The number of carbonyl (C=O) groups excluding carboxylic acids is 1. The van der Waals surface area contributed by atoms with Gasteiger partial charge in [-0.2, -0.15) is 0 Å². The standard InChI is InChI=1S/C6H10O8/c7-1-2(8)3-5(10,11)6(12,13)4(9)14-3/h2-3,7-8,10-13H,1H2/t2?,3-/m0/s1. The molecule has 1 saturated heterocycles. The van der Waals surface area contributed by atoms with Crippen molar-refractivity contribution in [3.63, 3.8) is 0 Å². The Morgan fingerprint density at radius 3 is 2.14 bits per heavy atom. The molecule has 82 valence electrons. The van der Waals surface area contributed by atoms with Crippen molar-refractivity contribution in [2.24, 2.45) is 0 Å². The first-order valence-corrected chi connectivity index (χ1v) is 3.64. The van der Waals surface area contributed by atoms with Gasteiger partial charge >= 0.3 is 11.8 Å². The van der Waals surface area contributed by atoms with E-state index in [-0.39, 0.29) is 0 Å². The second-order valence-corrected chi connectivity index (χ2v) is 2.97. The Labute approximate surface area is 77.6 Å². The fourth-order valence-electron chi connectivity index (χ4n) is 1.07. The van der Waals surface area contributed by atoms with Crippen molar-refractivity contribution < 1.29 is 40.2 Å². The van der Waals surface area contributed by atoms with Gasteiger partial charge in [0.1, 0.15) is 6.10 Å². The highest BCUT2D eigenvalue weighted by molar-refractivity contribution is 5.81. The number of ether oxygens (including phenoxy) is 1. The Morgan fingerprint density at radius 2 is 1.86 bits per heavy atom. The van der Waals surface area contributed by atoms with Crippen molar-refractivity contribution in [1.29, 1.82) is 0 Å². The number of aliphatic hydroxyl groups excluding tert-OH is 2. The van der Waals surface area contributed by atoms with Crippen molar-refractivity contribution in [2.75, 3.05) is 6.61 Å². The van der Waals surface area contributed by atoms with Gasteiger partial charge in [-0.1, -0.05) is 0 Å². The van der Waals surface area contributed by atoms with Crippen molar-refractivity contribution >= 4 is 5.97 Å². The Balaban J connectivity index is 2.99. The third-order valence-electron chi connectivity index (χ3n) is 1.96. The fraction of sp³-hybridized carbons (Fsp3) is 0.833. The molecule has 0 bridgehead atoms. The van der Waals surface area contributed by atoms with Crippen LogP contribution in [0.2, 0.25) is 0 Å². The van der Waals surface area contributed by atoms with Gasteiger partial charge in [-0.05, 0) is 0 Å². The first-order valence-electron chi connectivity index (χ1n) is 3.64. The predicted octanol–water partition coefficient (Wildman–Crippen LogP) is -4.37. The monoisotopic (exact) mass is 210 g/mol. The Bertz CT molecular complexity index is 246. The number of hydrogen-bond donors (Lipinski definition) is 6. The molecule has 0 aromatic heterocycles. The number of hydrogen-bond acceptors (Lipinski definition) is 8. The molecule has 1 aliphatic heterocycles. The van der Waals surface area contributed by atoms with Gasteiger partial charge in [0.2, 0.25) is 0 Å². The molecular weight excluding hydrogens is 200 g/mol. The lowest BCUT2D eigenvalue weighted by atomic mass is 10.00. The summed E-state index contributed by atoms with van der Waals surface area (Å²) >= 11 is 0. The first kappa shape index (κ1) is 11.3. The minimum Gasteiger partial charge on any atom is -0.449 e. The van der Waals surface area contributed by atoms with Crippen LogP contribution in [0.4, 0.5) is 0 Å². The zero-order valence-corrected chi connectivity index (χ0v) is 6.86. The molecule has 0 amide bonds. The molecule has 1 heterocycles. The van der Waals surface area contributed by atoms with E-state index in [0.717, 1.165) is 0 Å². The average molecular weight is 210 g/mol. The topological polar surface area (TPSA) is 148 Å². The van der Waals surface area contributed by atoms with E-state index >= 15 is 0 Å². The van der Waals surface area contributed by atoms with Crippen molar-refractivity contribution in [1.82, 2.24) is 0 Å². The Kier molecular flexibility index (Phi) is 2.52. The highest BCUT2D eigenvalue weighted by Crippen LogP contribution is 2.33. The number of aliphatic hydroxyl groups is 6. The maximum Gasteiger partial charge on any atom is 0.373 e. The van der Waals surface area contributed by atoms with Crippen LogP contribution in [-0.2, 0) is 9.53 Å². The molecule has 0 aromatic carbocycles. The van der Waals surface area contributed by atoms with E-state index in [2.05, 4.69) is 4.74 Å². The summed E-state index contributed by atoms with van der Waals surface area (Å²) in [6.07, 6.45) is -3.84. The molecule has 0 saturated carbocycles. The highest BCUT2D eigenvalue weighted by atomic mass is 16.7. The van der Waals surface area contributed by atoms with E-state index in [1.807, 2.05) is 0 Å². The lowest BCUT2D eigenvalue weighted by Crippen LogP contribution is -2.60. The SMILES string of the molecule is O=C1O[C@@H](C(O)CO)C(O)(O)C1(O)O. The quantitative estimate of drug-likeness (QED) is 0.198. The van der Waals surface area contributed by atoms with Gasteiger partial charge in [0.05, 0.1) is 6.61 Å². The molecule has 0 aromatic rings. The van der Waals surface area contributed by atoms with Crippen LogP contribution >= 0.6 is 0 Å². The minimum absolute atomic E-state index is 0.934. The number of carbonyl (C=O) groups is 1. The van der Waals surface area contributed by atoms with Crippen molar-refractivity contribution in [3.8, 4) is 0 Å². The minimum atomic E-state index is -3.52. The van der Waals surface area contributed by atoms with Crippen LogP contribution in [0.15, 0.2) is 0 Å². The summed E-state index contributed by atoms with van der Waals surface area (Å²) in [6, 6.07) is 0. The molecule has 14 heavy (non-hydrogen) atoms. The molecule has 2 atom stereocenters. The summed E-state index contributed by atoms with van der Waals surface area (Å²) < 4.78 is 4.10. The Hall–Kier alpha value is -0.770.